The van der Waals surface area contributed by atoms with Gasteiger partial charge in [0.05, 0.1) is 0 Å². The quantitative estimate of drug-likeness (QED) is 0.460. The number of hydrogen-bond acceptors (Lipinski definition) is 0. The van der Waals surface area contributed by atoms with Gasteiger partial charge in [-0.3, -0.25) is 0 Å². The maximum Gasteiger partial charge on any atom is -0.0445 e. The molecule has 1 unspecified atom stereocenters. The van der Waals surface area contributed by atoms with Crippen LogP contribution in [0.1, 0.15) is 72.1 Å². The summed E-state index contributed by atoms with van der Waals surface area (Å²) in [4.78, 5) is 0. The van der Waals surface area contributed by atoms with Gasteiger partial charge in [-0.2, -0.15) is 0 Å². The first-order valence-corrected chi connectivity index (χ1v) is 5.81. The Balaban J connectivity index is 2.90. The van der Waals surface area contributed by atoms with Crippen molar-refractivity contribution in [2.75, 3.05) is 0 Å². The van der Waals surface area contributed by atoms with Crippen LogP contribution in [0.5, 0.6) is 0 Å². The summed E-state index contributed by atoms with van der Waals surface area (Å²) in [6.45, 7) is 6.94. The highest BCUT2D eigenvalue weighted by Gasteiger charge is 1.97. The fraction of sp³-hybridized carbons (Fsp3) is 1.00. The van der Waals surface area contributed by atoms with E-state index in [9.17, 15) is 0 Å². The SMILES string of the molecule is CCCCCCCCC(C)CC. The fourth-order valence-electron chi connectivity index (χ4n) is 1.48. The van der Waals surface area contributed by atoms with Gasteiger partial charge in [-0.05, 0) is 5.92 Å². The lowest BCUT2D eigenvalue weighted by molar-refractivity contribution is 0.472. The third-order valence-corrected chi connectivity index (χ3v) is 2.75. The Kier molecular flexibility index (Phi) is 9.09. The van der Waals surface area contributed by atoms with Crippen LogP contribution in [0.15, 0.2) is 0 Å². The molecule has 0 spiro atoms. The molecule has 0 aliphatic rings. The van der Waals surface area contributed by atoms with Crippen LogP contribution < -0.4 is 0 Å². The van der Waals surface area contributed by atoms with Crippen LogP contribution in [0.2, 0.25) is 0 Å². The summed E-state index contributed by atoms with van der Waals surface area (Å²) in [5.41, 5.74) is 0. The van der Waals surface area contributed by atoms with Crippen molar-refractivity contribution in [3.8, 4) is 0 Å². The number of rotatable bonds is 8. The van der Waals surface area contributed by atoms with E-state index in [-0.39, 0.29) is 0 Å². The van der Waals surface area contributed by atoms with E-state index in [1.807, 2.05) is 0 Å². The van der Waals surface area contributed by atoms with Crippen LogP contribution in [0.4, 0.5) is 0 Å². The van der Waals surface area contributed by atoms with Gasteiger partial charge >= 0.3 is 0 Å². The summed E-state index contributed by atoms with van der Waals surface area (Å²) >= 11 is 0. The van der Waals surface area contributed by atoms with Gasteiger partial charge in [0.15, 0.2) is 0 Å². The Labute approximate surface area is 78.8 Å². The Morgan fingerprint density at radius 3 is 2.00 bits per heavy atom. The van der Waals surface area contributed by atoms with Crippen LogP contribution in [-0.2, 0) is 0 Å². The van der Waals surface area contributed by atoms with Crippen molar-refractivity contribution in [1.29, 1.82) is 0 Å². The van der Waals surface area contributed by atoms with Crippen LogP contribution in [-0.4, -0.2) is 0 Å². The lowest BCUT2D eigenvalue weighted by atomic mass is 10.00. The number of unbranched alkanes of at least 4 members (excludes halogenated alkanes) is 5. The minimum Gasteiger partial charge on any atom is -0.0654 e. The molecule has 0 amide bonds. The lowest BCUT2D eigenvalue weighted by Gasteiger charge is -2.06. The van der Waals surface area contributed by atoms with Gasteiger partial charge in [0.25, 0.3) is 0 Å². The van der Waals surface area contributed by atoms with Crippen LogP contribution in [0.25, 0.3) is 0 Å². The summed E-state index contributed by atoms with van der Waals surface area (Å²) < 4.78 is 0. The molecule has 0 heterocycles. The summed E-state index contributed by atoms with van der Waals surface area (Å²) in [7, 11) is 0. The average molecular weight is 170 g/mol. The second-order valence-corrected chi connectivity index (χ2v) is 4.07. The Hall–Kier alpha value is 0. The van der Waals surface area contributed by atoms with E-state index in [1.165, 1.54) is 51.4 Å². The highest BCUT2D eigenvalue weighted by Crippen LogP contribution is 2.13. The van der Waals surface area contributed by atoms with Crippen molar-refractivity contribution >= 4 is 0 Å². The largest absolute Gasteiger partial charge is 0.0654 e. The van der Waals surface area contributed by atoms with Crippen molar-refractivity contribution in [2.45, 2.75) is 72.1 Å². The molecule has 1 atom stereocenters. The minimum absolute atomic E-state index is 0.955. The first-order chi connectivity index (χ1) is 5.81. The molecule has 0 aromatic rings. The van der Waals surface area contributed by atoms with E-state index in [0.29, 0.717) is 0 Å². The predicted molar refractivity (Wildman–Crippen MR) is 57.4 cm³/mol. The van der Waals surface area contributed by atoms with Gasteiger partial charge in [0.2, 0.25) is 0 Å². The molecular formula is C12H26. The summed E-state index contributed by atoms with van der Waals surface area (Å²) in [5, 5.41) is 0. The molecule has 0 fully saturated rings. The first kappa shape index (κ1) is 12.0. The molecule has 0 N–H and O–H groups in total. The monoisotopic (exact) mass is 170 g/mol. The second-order valence-electron chi connectivity index (χ2n) is 4.07. The van der Waals surface area contributed by atoms with Crippen molar-refractivity contribution in [3.05, 3.63) is 0 Å². The van der Waals surface area contributed by atoms with E-state index in [0.717, 1.165) is 5.92 Å². The molecule has 0 saturated carbocycles. The topological polar surface area (TPSA) is 0 Å². The van der Waals surface area contributed by atoms with Gasteiger partial charge < -0.3 is 0 Å². The molecule has 0 heteroatoms. The maximum absolute atomic E-state index is 2.37. The molecule has 0 aliphatic heterocycles. The Bertz CT molecular complexity index is 76.1. The highest BCUT2D eigenvalue weighted by molar-refractivity contribution is 4.51. The molecule has 0 bridgehead atoms. The summed E-state index contributed by atoms with van der Waals surface area (Å²) in [6.07, 6.45) is 11.4. The van der Waals surface area contributed by atoms with Gasteiger partial charge in [-0.15, -0.1) is 0 Å². The minimum atomic E-state index is 0.955. The molecule has 0 nitrogen and oxygen atoms in total. The number of hydrogen-bond donors (Lipinski definition) is 0. The average Bonchev–Trinajstić information content (AvgIpc) is 2.10. The zero-order chi connectivity index (χ0) is 9.23. The van der Waals surface area contributed by atoms with E-state index in [2.05, 4.69) is 20.8 Å². The third kappa shape index (κ3) is 8.10. The van der Waals surface area contributed by atoms with E-state index < -0.39 is 0 Å². The van der Waals surface area contributed by atoms with Gasteiger partial charge in [0, 0.05) is 0 Å². The highest BCUT2D eigenvalue weighted by atomic mass is 14.0. The summed E-state index contributed by atoms with van der Waals surface area (Å²) in [6, 6.07) is 0. The molecule has 0 aromatic heterocycles. The van der Waals surface area contributed by atoms with Crippen molar-refractivity contribution in [3.63, 3.8) is 0 Å². The van der Waals surface area contributed by atoms with E-state index in [1.54, 1.807) is 0 Å². The maximum atomic E-state index is 2.37. The molecule has 0 aromatic carbocycles. The van der Waals surface area contributed by atoms with Crippen LogP contribution >= 0.6 is 0 Å². The Morgan fingerprint density at radius 1 is 0.833 bits per heavy atom. The van der Waals surface area contributed by atoms with Crippen LogP contribution in [0, 0.1) is 5.92 Å². The summed E-state index contributed by atoms with van der Waals surface area (Å²) in [5.74, 6) is 0.955. The van der Waals surface area contributed by atoms with Crippen molar-refractivity contribution < 1.29 is 0 Å². The Morgan fingerprint density at radius 2 is 1.42 bits per heavy atom. The normalized spacial score (nSPS) is 13.2. The zero-order valence-electron chi connectivity index (χ0n) is 9.23. The molecule has 0 rings (SSSR count). The third-order valence-electron chi connectivity index (χ3n) is 2.75. The molecule has 0 radical (unpaired) electrons. The molecule has 12 heavy (non-hydrogen) atoms. The van der Waals surface area contributed by atoms with Gasteiger partial charge in [0.1, 0.15) is 0 Å². The molecule has 74 valence electrons. The van der Waals surface area contributed by atoms with Gasteiger partial charge in [-0.25, -0.2) is 0 Å². The molecular weight excluding hydrogens is 144 g/mol. The van der Waals surface area contributed by atoms with Crippen LogP contribution in [0.3, 0.4) is 0 Å². The molecule has 0 saturated heterocycles. The fourth-order valence-corrected chi connectivity index (χ4v) is 1.48. The smallest absolute Gasteiger partial charge is 0.0445 e. The predicted octanol–water partition coefficient (Wildman–Crippen LogP) is 4.78. The zero-order valence-corrected chi connectivity index (χ0v) is 9.23. The van der Waals surface area contributed by atoms with Crippen molar-refractivity contribution in [2.24, 2.45) is 5.92 Å². The lowest BCUT2D eigenvalue weighted by Crippen LogP contribution is -1.91. The van der Waals surface area contributed by atoms with Crippen molar-refractivity contribution in [1.82, 2.24) is 0 Å². The molecule has 0 aliphatic carbocycles. The second kappa shape index (κ2) is 9.09. The van der Waals surface area contributed by atoms with E-state index >= 15 is 0 Å². The van der Waals surface area contributed by atoms with E-state index in [4.69, 9.17) is 0 Å². The standard InChI is InChI=1S/C12H26/c1-4-6-7-8-9-10-11-12(3)5-2/h12H,4-11H2,1-3H3. The first-order valence-electron chi connectivity index (χ1n) is 5.81. The van der Waals surface area contributed by atoms with Gasteiger partial charge in [-0.1, -0.05) is 72.1 Å².